The number of ether oxygens (including phenoxy) is 2. The fraction of sp³-hybridized carbons (Fsp3) is 0.789. The molecule has 0 aromatic carbocycles. The first-order valence-electron chi connectivity index (χ1n) is 9.84. The van der Waals surface area contributed by atoms with Gasteiger partial charge in [0, 0.05) is 32.1 Å². The molecule has 2 unspecified atom stereocenters. The van der Waals surface area contributed by atoms with Crippen molar-refractivity contribution in [2.24, 2.45) is 12.5 Å². The van der Waals surface area contributed by atoms with Crippen molar-refractivity contribution < 1.29 is 14.3 Å². The van der Waals surface area contributed by atoms with E-state index >= 15 is 0 Å². The molecule has 0 bridgehead atoms. The predicted octanol–water partition coefficient (Wildman–Crippen LogP) is 1.51. The molecular weight excluding hydrogens is 368 g/mol. The van der Waals surface area contributed by atoms with Crippen molar-refractivity contribution in [1.29, 1.82) is 0 Å². The molecule has 1 N–H and O–H groups in total. The van der Waals surface area contributed by atoms with Crippen molar-refractivity contribution in [3.63, 3.8) is 0 Å². The number of piperidine rings is 1. The Morgan fingerprint density at radius 1 is 1.48 bits per heavy atom. The van der Waals surface area contributed by atoms with E-state index in [1.165, 1.54) is 0 Å². The summed E-state index contributed by atoms with van der Waals surface area (Å²) >= 11 is 0. The Bertz CT molecular complexity index is 626. The number of halogens is 1. The number of hydrogen-bond donors (Lipinski definition) is 1. The first-order chi connectivity index (χ1) is 12.7. The highest BCUT2D eigenvalue weighted by Gasteiger charge is 2.57. The van der Waals surface area contributed by atoms with E-state index in [2.05, 4.69) is 10.3 Å². The Labute approximate surface area is 167 Å². The van der Waals surface area contributed by atoms with Gasteiger partial charge in [0.15, 0.2) is 0 Å². The van der Waals surface area contributed by atoms with Gasteiger partial charge in [0.05, 0.1) is 19.3 Å². The van der Waals surface area contributed by atoms with E-state index in [1.807, 2.05) is 22.7 Å². The average Bonchev–Trinajstić information content (AvgIpc) is 3.01. The number of carbonyl (C=O) groups is 1. The maximum Gasteiger partial charge on any atom is 0.249 e. The number of amides is 1. The molecule has 1 aromatic rings. The summed E-state index contributed by atoms with van der Waals surface area (Å²) in [5.41, 5.74) is 0.306. The second kappa shape index (κ2) is 8.90. The van der Waals surface area contributed by atoms with Crippen LogP contribution in [0, 0.1) is 5.41 Å². The van der Waals surface area contributed by atoms with Crippen molar-refractivity contribution in [3.05, 3.63) is 18.2 Å². The summed E-state index contributed by atoms with van der Waals surface area (Å²) in [4.78, 5) is 19.4. The Morgan fingerprint density at radius 3 is 2.96 bits per heavy atom. The lowest BCUT2D eigenvalue weighted by Gasteiger charge is -2.29. The maximum atomic E-state index is 13.0. The van der Waals surface area contributed by atoms with E-state index in [0.717, 1.165) is 57.6 Å². The minimum absolute atomic E-state index is 0. The van der Waals surface area contributed by atoms with E-state index in [-0.39, 0.29) is 31.0 Å². The molecule has 0 radical (unpaired) electrons. The highest BCUT2D eigenvalue weighted by molar-refractivity contribution is 5.85. The summed E-state index contributed by atoms with van der Waals surface area (Å²) in [6.45, 7) is 4.13. The van der Waals surface area contributed by atoms with Crippen molar-refractivity contribution in [2.75, 3.05) is 32.9 Å². The minimum Gasteiger partial charge on any atom is -0.376 e. The number of aromatic nitrogens is 2. The quantitative estimate of drug-likeness (QED) is 0.754. The van der Waals surface area contributed by atoms with Crippen molar-refractivity contribution >= 4 is 18.3 Å². The topological polar surface area (TPSA) is 68.6 Å². The molecule has 2 aliphatic heterocycles. The van der Waals surface area contributed by atoms with Crippen LogP contribution in [0.1, 0.15) is 37.9 Å². The van der Waals surface area contributed by atoms with Crippen molar-refractivity contribution in [3.8, 4) is 0 Å². The van der Waals surface area contributed by atoms with E-state index in [9.17, 15) is 4.79 Å². The van der Waals surface area contributed by atoms with Crippen LogP contribution in [0.15, 0.2) is 12.4 Å². The van der Waals surface area contributed by atoms with Crippen LogP contribution in [-0.2, 0) is 27.9 Å². The summed E-state index contributed by atoms with van der Waals surface area (Å²) in [5, 5.41) is 3.43. The average molecular weight is 399 g/mol. The smallest absolute Gasteiger partial charge is 0.249 e. The molecule has 152 valence electrons. The van der Waals surface area contributed by atoms with Gasteiger partial charge in [-0.3, -0.25) is 4.79 Å². The van der Waals surface area contributed by atoms with Crippen LogP contribution in [0.4, 0.5) is 0 Å². The molecule has 4 rings (SSSR count). The number of carbonyl (C=O) groups excluding carboxylic acids is 1. The van der Waals surface area contributed by atoms with Gasteiger partial charge in [-0.1, -0.05) is 0 Å². The van der Waals surface area contributed by atoms with Gasteiger partial charge in [-0.25, -0.2) is 4.98 Å². The normalized spacial score (nSPS) is 26.0. The SMILES string of the molecule is Cl.Cn1ccnc1CN(C(=O)COCC1CCCO1)C1CC12CCNCC2. The standard InChI is InChI=1S/C19H30N4O3.ClH/c1-22-9-8-21-17(22)12-23(16-11-19(16)4-6-20-7-5-19)18(24)14-25-13-15-3-2-10-26-15;/h8-9,15-16,20H,2-7,10-14H2,1H3;1H. The summed E-state index contributed by atoms with van der Waals surface area (Å²) in [6.07, 6.45) is 9.41. The fourth-order valence-corrected chi connectivity index (χ4v) is 4.44. The zero-order chi connectivity index (χ0) is 18.0. The van der Waals surface area contributed by atoms with Crippen LogP contribution in [0.25, 0.3) is 0 Å². The molecule has 3 heterocycles. The zero-order valence-corrected chi connectivity index (χ0v) is 16.9. The lowest BCUT2D eigenvalue weighted by atomic mass is 9.93. The third-order valence-corrected chi connectivity index (χ3v) is 6.23. The Kier molecular flexibility index (Phi) is 6.78. The second-order valence-electron chi connectivity index (χ2n) is 7.96. The molecule has 8 heteroatoms. The molecular formula is C19H31ClN4O3. The predicted molar refractivity (Wildman–Crippen MR) is 104 cm³/mol. The molecule has 1 spiro atoms. The van der Waals surface area contributed by atoms with E-state index in [0.29, 0.717) is 24.6 Å². The van der Waals surface area contributed by atoms with Crippen LogP contribution < -0.4 is 5.32 Å². The molecule has 1 amide bonds. The number of aryl methyl sites for hydroxylation is 1. The van der Waals surface area contributed by atoms with Crippen molar-refractivity contribution in [1.82, 2.24) is 19.8 Å². The zero-order valence-electron chi connectivity index (χ0n) is 16.1. The molecule has 27 heavy (non-hydrogen) atoms. The number of rotatable bonds is 7. The van der Waals surface area contributed by atoms with E-state index in [4.69, 9.17) is 9.47 Å². The highest BCUT2D eigenvalue weighted by atomic mass is 35.5. The van der Waals surface area contributed by atoms with Gasteiger partial charge in [0.1, 0.15) is 12.4 Å². The largest absolute Gasteiger partial charge is 0.376 e. The number of nitrogens with zero attached hydrogens (tertiary/aromatic N) is 3. The van der Waals surface area contributed by atoms with Gasteiger partial charge < -0.3 is 24.3 Å². The summed E-state index contributed by atoms with van der Waals surface area (Å²) < 4.78 is 13.3. The lowest BCUT2D eigenvalue weighted by molar-refractivity contribution is -0.139. The molecule has 2 saturated heterocycles. The monoisotopic (exact) mass is 398 g/mol. The van der Waals surface area contributed by atoms with Crippen LogP contribution >= 0.6 is 12.4 Å². The highest BCUT2D eigenvalue weighted by Crippen LogP contribution is 2.56. The third-order valence-electron chi connectivity index (χ3n) is 6.23. The van der Waals surface area contributed by atoms with Crippen LogP contribution in [-0.4, -0.2) is 65.4 Å². The second-order valence-corrected chi connectivity index (χ2v) is 7.96. The first kappa shape index (κ1) is 20.6. The molecule has 1 saturated carbocycles. The third kappa shape index (κ3) is 4.65. The maximum absolute atomic E-state index is 13.0. The van der Waals surface area contributed by atoms with Crippen LogP contribution in [0.3, 0.4) is 0 Å². The van der Waals surface area contributed by atoms with Gasteiger partial charge in [0.25, 0.3) is 0 Å². The van der Waals surface area contributed by atoms with Gasteiger partial charge in [0.2, 0.25) is 5.91 Å². The molecule has 1 aromatic heterocycles. The van der Waals surface area contributed by atoms with Crippen LogP contribution in [0.2, 0.25) is 0 Å². The summed E-state index contributed by atoms with van der Waals surface area (Å²) in [7, 11) is 1.98. The van der Waals surface area contributed by atoms with Crippen LogP contribution in [0.5, 0.6) is 0 Å². The lowest BCUT2D eigenvalue weighted by Crippen LogP contribution is -2.41. The number of imidazole rings is 1. The minimum atomic E-state index is 0. The summed E-state index contributed by atoms with van der Waals surface area (Å²) in [6, 6.07) is 0.320. The van der Waals surface area contributed by atoms with Gasteiger partial charge >= 0.3 is 0 Å². The van der Waals surface area contributed by atoms with E-state index in [1.54, 1.807) is 6.20 Å². The van der Waals surface area contributed by atoms with Crippen molar-refractivity contribution in [2.45, 2.75) is 50.8 Å². The molecule has 7 nitrogen and oxygen atoms in total. The summed E-state index contributed by atoms with van der Waals surface area (Å²) in [5.74, 6) is 1.000. The molecule has 1 aliphatic carbocycles. The Hall–Kier alpha value is -1.15. The van der Waals surface area contributed by atoms with Gasteiger partial charge in [-0.15, -0.1) is 12.4 Å². The first-order valence-corrected chi connectivity index (χ1v) is 9.84. The molecule has 2 atom stereocenters. The molecule has 3 fully saturated rings. The Balaban J connectivity index is 0.00000210. The molecule has 3 aliphatic rings. The van der Waals surface area contributed by atoms with E-state index < -0.39 is 0 Å². The van der Waals surface area contributed by atoms with Gasteiger partial charge in [-0.05, 0) is 50.6 Å². The van der Waals surface area contributed by atoms with Gasteiger partial charge in [-0.2, -0.15) is 0 Å². The Morgan fingerprint density at radius 2 is 2.30 bits per heavy atom. The number of hydrogen-bond acceptors (Lipinski definition) is 5. The fourth-order valence-electron chi connectivity index (χ4n) is 4.44. The number of nitrogens with one attached hydrogen (secondary N) is 1.